The SMILES string of the molecule is CCCOc1ccc(/C=C(\NC(=O)c2ccccc2)C(=O)N/N=C(\C)Cn2nnc([N+](=O)[O-])n2)cc1. The Labute approximate surface area is 206 Å². The fourth-order valence-electron chi connectivity index (χ4n) is 2.81. The van der Waals surface area contributed by atoms with E-state index in [0.29, 0.717) is 29.2 Å². The number of aromatic nitrogens is 4. The molecule has 0 aliphatic carbocycles. The molecule has 0 unspecified atom stereocenters. The summed E-state index contributed by atoms with van der Waals surface area (Å²) < 4.78 is 5.57. The number of nitrogens with one attached hydrogen (secondary N) is 2. The minimum atomic E-state index is -0.771. The first-order chi connectivity index (χ1) is 17.4. The van der Waals surface area contributed by atoms with Crippen molar-refractivity contribution in [2.75, 3.05) is 6.61 Å². The van der Waals surface area contributed by atoms with E-state index in [4.69, 9.17) is 4.74 Å². The van der Waals surface area contributed by atoms with Crippen LogP contribution in [0.25, 0.3) is 6.08 Å². The fourth-order valence-corrected chi connectivity index (χ4v) is 2.81. The molecule has 0 bridgehead atoms. The normalized spacial score (nSPS) is 11.6. The summed E-state index contributed by atoms with van der Waals surface area (Å²) in [6.45, 7) is 4.12. The van der Waals surface area contributed by atoms with Gasteiger partial charge in [0.15, 0.2) is 0 Å². The van der Waals surface area contributed by atoms with Crippen molar-refractivity contribution >= 4 is 29.6 Å². The largest absolute Gasteiger partial charge is 0.514 e. The van der Waals surface area contributed by atoms with Crippen LogP contribution in [0.2, 0.25) is 0 Å². The lowest BCUT2D eigenvalue weighted by Gasteiger charge is -2.10. The zero-order chi connectivity index (χ0) is 25.9. The number of nitrogens with zero attached hydrogens (tertiary/aromatic N) is 6. The highest BCUT2D eigenvalue weighted by atomic mass is 16.6. The van der Waals surface area contributed by atoms with Crippen molar-refractivity contribution in [3.8, 4) is 5.75 Å². The third-order valence-corrected chi connectivity index (χ3v) is 4.52. The van der Waals surface area contributed by atoms with E-state index in [1.165, 1.54) is 6.08 Å². The molecule has 0 fully saturated rings. The van der Waals surface area contributed by atoms with Gasteiger partial charge in [-0.25, -0.2) is 5.43 Å². The molecule has 0 radical (unpaired) electrons. The van der Waals surface area contributed by atoms with E-state index in [2.05, 4.69) is 31.3 Å². The Morgan fingerprint density at radius 3 is 2.53 bits per heavy atom. The molecule has 13 heteroatoms. The fraction of sp³-hybridized carbons (Fsp3) is 0.217. The molecule has 0 aliphatic rings. The van der Waals surface area contributed by atoms with Crippen molar-refractivity contribution in [2.24, 2.45) is 5.10 Å². The summed E-state index contributed by atoms with van der Waals surface area (Å²) in [6, 6.07) is 15.5. The number of hydrazone groups is 1. The van der Waals surface area contributed by atoms with Crippen molar-refractivity contribution in [1.29, 1.82) is 0 Å². The van der Waals surface area contributed by atoms with E-state index in [1.807, 2.05) is 6.92 Å². The summed E-state index contributed by atoms with van der Waals surface area (Å²) in [5, 5.41) is 27.7. The average Bonchev–Trinajstić information content (AvgIpc) is 3.35. The summed E-state index contributed by atoms with van der Waals surface area (Å²) in [5.41, 5.74) is 3.68. The van der Waals surface area contributed by atoms with Gasteiger partial charge in [0.05, 0.1) is 22.5 Å². The molecule has 0 atom stereocenters. The molecule has 36 heavy (non-hydrogen) atoms. The number of benzene rings is 2. The minimum Gasteiger partial charge on any atom is -0.494 e. The topological polar surface area (TPSA) is 167 Å². The second kappa shape index (κ2) is 12.5. The molecular weight excluding hydrogens is 468 g/mol. The maximum absolute atomic E-state index is 12.9. The summed E-state index contributed by atoms with van der Waals surface area (Å²) in [4.78, 5) is 36.5. The van der Waals surface area contributed by atoms with E-state index >= 15 is 0 Å². The van der Waals surface area contributed by atoms with Crippen LogP contribution < -0.4 is 15.5 Å². The first-order valence-corrected chi connectivity index (χ1v) is 10.9. The molecule has 186 valence electrons. The zero-order valence-corrected chi connectivity index (χ0v) is 19.6. The summed E-state index contributed by atoms with van der Waals surface area (Å²) in [5.74, 6) is -1.11. The maximum Gasteiger partial charge on any atom is 0.514 e. The predicted octanol–water partition coefficient (Wildman–Crippen LogP) is 2.33. The quantitative estimate of drug-likeness (QED) is 0.178. The third kappa shape index (κ3) is 7.55. The van der Waals surface area contributed by atoms with E-state index in [0.717, 1.165) is 11.2 Å². The molecule has 0 saturated carbocycles. The van der Waals surface area contributed by atoms with Gasteiger partial charge < -0.3 is 20.2 Å². The molecule has 0 saturated heterocycles. The molecule has 2 amide bonds. The van der Waals surface area contributed by atoms with Crippen molar-refractivity contribution in [3.05, 3.63) is 81.5 Å². The van der Waals surface area contributed by atoms with E-state index in [-0.39, 0.29) is 12.2 Å². The first kappa shape index (κ1) is 25.7. The van der Waals surface area contributed by atoms with Gasteiger partial charge in [-0.05, 0) is 54.2 Å². The maximum atomic E-state index is 12.9. The molecule has 0 spiro atoms. The van der Waals surface area contributed by atoms with Crippen molar-refractivity contribution in [3.63, 3.8) is 0 Å². The molecule has 2 aromatic carbocycles. The molecule has 3 aromatic rings. The van der Waals surface area contributed by atoms with Crippen molar-refractivity contribution in [1.82, 2.24) is 30.9 Å². The van der Waals surface area contributed by atoms with Crippen molar-refractivity contribution < 1.29 is 19.2 Å². The Balaban J connectivity index is 1.76. The van der Waals surface area contributed by atoms with Gasteiger partial charge in [0.1, 0.15) is 18.0 Å². The Hall–Kier alpha value is -4.94. The van der Waals surface area contributed by atoms with Crippen LogP contribution in [0.5, 0.6) is 5.75 Å². The van der Waals surface area contributed by atoms with Gasteiger partial charge in [-0.3, -0.25) is 9.59 Å². The second-order valence-electron chi connectivity index (χ2n) is 7.46. The van der Waals surface area contributed by atoms with Gasteiger partial charge in [0.25, 0.3) is 11.8 Å². The Kier molecular flexibility index (Phi) is 8.92. The number of carbonyl (C=O) groups excluding carboxylic acids is 2. The molecule has 0 aliphatic heterocycles. The van der Waals surface area contributed by atoms with Gasteiger partial charge in [-0.2, -0.15) is 5.10 Å². The van der Waals surface area contributed by atoms with Crippen LogP contribution in [-0.2, 0) is 11.3 Å². The third-order valence-electron chi connectivity index (χ3n) is 4.52. The summed E-state index contributed by atoms with van der Waals surface area (Å²) in [7, 11) is 0. The molecule has 3 rings (SSSR count). The van der Waals surface area contributed by atoms with Crippen LogP contribution in [0.4, 0.5) is 5.95 Å². The molecule has 2 N–H and O–H groups in total. The standard InChI is InChI=1S/C23H24N8O5/c1-3-13-36-19-11-9-17(10-12-19)14-20(24-21(32)18-7-5-4-6-8-18)22(33)26-25-16(2)15-30-28-23(27-29-30)31(34)35/h4-12,14H,3,13,15H2,1-2H3,(H,24,32)(H,26,33)/b20-14-,25-16+. The summed E-state index contributed by atoms with van der Waals surface area (Å²) >= 11 is 0. The lowest BCUT2D eigenvalue weighted by atomic mass is 10.1. The van der Waals surface area contributed by atoms with Gasteiger partial charge in [0.2, 0.25) is 0 Å². The number of carbonyl (C=O) groups is 2. The summed E-state index contributed by atoms with van der Waals surface area (Å²) in [6.07, 6.45) is 2.38. The highest BCUT2D eigenvalue weighted by Gasteiger charge is 2.17. The first-order valence-electron chi connectivity index (χ1n) is 10.9. The molecule has 1 heterocycles. The predicted molar refractivity (Wildman–Crippen MR) is 130 cm³/mol. The Morgan fingerprint density at radius 1 is 1.17 bits per heavy atom. The zero-order valence-electron chi connectivity index (χ0n) is 19.6. The van der Waals surface area contributed by atoms with Crippen LogP contribution in [0.3, 0.4) is 0 Å². The highest BCUT2D eigenvalue weighted by molar-refractivity contribution is 6.05. The smallest absolute Gasteiger partial charge is 0.494 e. The van der Waals surface area contributed by atoms with Crippen LogP contribution >= 0.6 is 0 Å². The lowest BCUT2D eigenvalue weighted by molar-refractivity contribution is -0.394. The minimum absolute atomic E-state index is 0.0443. The van der Waals surface area contributed by atoms with Crippen LogP contribution in [0, 0.1) is 10.1 Å². The van der Waals surface area contributed by atoms with Gasteiger partial charge in [-0.15, -0.1) is 0 Å². The number of ether oxygens (including phenoxy) is 1. The average molecular weight is 492 g/mol. The van der Waals surface area contributed by atoms with Crippen molar-refractivity contribution in [2.45, 2.75) is 26.8 Å². The lowest BCUT2D eigenvalue weighted by Crippen LogP contribution is -2.33. The Morgan fingerprint density at radius 2 is 1.89 bits per heavy atom. The van der Waals surface area contributed by atoms with Crippen LogP contribution in [0.15, 0.2) is 65.4 Å². The van der Waals surface area contributed by atoms with E-state index < -0.39 is 22.7 Å². The van der Waals surface area contributed by atoms with Crippen LogP contribution in [0.1, 0.15) is 36.2 Å². The van der Waals surface area contributed by atoms with Crippen LogP contribution in [-0.4, -0.2) is 49.3 Å². The number of hydrogen-bond acceptors (Lipinski definition) is 9. The molecule has 1 aromatic heterocycles. The van der Waals surface area contributed by atoms with Gasteiger partial charge >= 0.3 is 5.95 Å². The second-order valence-corrected chi connectivity index (χ2v) is 7.46. The monoisotopic (exact) mass is 492 g/mol. The van der Waals surface area contributed by atoms with Gasteiger partial charge in [0, 0.05) is 10.8 Å². The number of rotatable bonds is 11. The van der Waals surface area contributed by atoms with E-state index in [1.54, 1.807) is 61.5 Å². The number of tetrazole rings is 1. The molecular formula is C23H24N8O5. The number of hydrogen-bond donors (Lipinski definition) is 2. The van der Waals surface area contributed by atoms with E-state index in [9.17, 15) is 19.7 Å². The Bertz CT molecular complexity index is 1270. The number of amides is 2. The molecule has 13 nitrogen and oxygen atoms in total. The van der Waals surface area contributed by atoms with Gasteiger partial charge in [-0.1, -0.05) is 42.1 Å². The number of nitro groups is 1. The highest BCUT2D eigenvalue weighted by Crippen LogP contribution is 2.15.